The number of amides is 1. The van der Waals surface area contributed by atoms with Crippen LogP contribution in [0.25, 0.3) is 0 Å². The highest BCUT2D eigenvalue weighted by molar-refractivity contribution is 9.10. The monoisotopic (exact) mass is 379 g/mol. The van der Waals surface area contributed by atoms with Crippen molar-refractivity contribution >= 4 is 27.7 Å². The summed E-state index contributed by atoms with van der Waals surface area (Å²) < 4.78 is 11.1. The van der Waals surface area contributed by atoms with Crippen molar-refractivity contribution in [2.24, 2.45) is 0 Å². The second-order valence-corrected chi connectivity index (χ2v) is 5.93. The van der Waals surface area contributed by atoms with Crippen LogP contribution >= 0.6 is 15.9 Å². The molecule has 0 radical (unpaired) electrons. The van der Waals surface area contributed by atoms with E-state index in [9.17, 15) is 10.0 Å². The minimum absolute atomic E-state index is 0.189. The molecule has 0 aliphatic heterocycles. The summed E-state index contributed by atoms with van der Waals surface area (Å²) in [4.78, 5) is 11.5. The SMILES string of the molecule is COC(=O)N(O)c1cccc(Br)c1COc1ccc(C)cc1C. The molecule has 0 atom stereocenters. The highest BCUT2D eigenvalue weighted by Gasteiger charge is 2.19. The number of carbonyl (C=O) groups is 1. The molecule has 0 aliphatic carbocycles. The second-order valence-electron chi connectivity index (χ2n) is 5.08. The van der Waals surface area contributed by atoms with Crippen molar-refractivity contribution in [1.29, 1.82) is 0 Å². The van der Waals surface area contributed by atoms with E-state index in [1.165, 1.54) is 7.11 Å². The number of methoxy groups -OCH3 is 1. The minimum atomic E-state index is -0.865. The molecule has 0 bridgehead atoms. The molecule has 2 aromatic rings. The number of anilines is 1. The molecule has 0 heterocycles. The number of benzene rings is 2. The Balaban J connectivity index is 2.27. The molecule has 0 aliphatic rings. The van der Waals surface area contributed by atoms with E-state index in [0.29, 0.717) is 16.3 Å². The summed E-state index contributed by atoms with van der Waals surface area (Å²) in [7, 11) is 1.20. The molecule has 2 aromatic carbocycles. The quantitative estimate of drug-likeness (QED) is 0.622. The van der Waals surface area contributed by atoms with Gasteiger partial charge < -0.3 is 9.47 Å². The lowest BCUT2D eigenvalue weighted by molar-refractivity contribution is 0.140. The van der Waals surface area contributed by atoms with E-state index in [0.717, 1.165) is 21.3 Å². The first-order valence-corrected chi connectivity index (χ1v) is 7.77. The highest BCUT2D eigenvalue weighted by atomic mass is 79.9. The van der Waals surface area contributed by atoms with Crippen LogP contribution in [-0.2, 0) is 11.3 Å². The number of aryl methyl sites for hydroxylation is 2. The van der Waals surface area contributed by atoms with Gasteiger partial charge in [-0.3, -0.25) is 5.21 Å². The Hall–Kier alpha value is -2.05. The van der Waals surface area contributed by atoms with Crippen molar-refractivity contribution in [2.75, 3.05) is 12.2 Å². The lowest BCUT2D eigenvalue weighted by Gasteiger charge is -2.19. The first-order valence-electron chi connectivity index (χ1n) is 6.98. The van der Waals surface area contributed by atoms with Gasteiger partial charge in [-0.25, -0.2) is 4.79 Å². The third-order valence-electron chi connectivity index (χ3n) is 3.37. The van der Waals surface area contributed by atoms with E-state index in [1.807, 2.05) is 38.1 Å². The van der Waals surface area contributed by atoms with Gasteiger partial charge >= 0.3 is 6.09 Å². The van der Waals surface area contributed by atoms with Gasteiger partial charge in [-0.05, 0) is 37.6 Å². The molecule has 1 N–H and O–H groups in total. The van der Waals surface area contributed by atoms with E-state index in [2.05, 4.69) is 20.7 Å². The molecule has 2 rings (SSSR count). The molecular weight excluding hydrogens is 362 g/mol. The fraction of sp³-hybridized carbons (Fsp3) is 0.235. The van der Waals surface area contributed by atoms with Crippen LogP contribution in [0.4, 0.5) is 10.5 Å². The number of rotatable bonds is 4. The van der Waals surface area contributed by atoms with Crippen LogP contribution < -0.4 is 9.80 Å². The zero-order valence-electron chi connectivity index (χ0n) is 13.2. The Morgan fingerprint density at radius 3 is 2.65 bits per heavy atom. The van der Waals surface area contributed by atoms with Crippen LogP contribution in [0.1, 0.15) is 16.7 Å². The van der Waals surface area contributed by atoms with Crippen LogP contribution in [0.2, 0.25) is 0 Å². The lowest BCUT2D eigenvalue weighted by Crippen LogP contribution is -2.28. The van der Waals surface area contributed by atoms with Crippen molar-refractivity contribution in [3.63, 3.8) is 0 Å². The summed E-state index contributed by atoms with van der Waals surface area (Å²) in [5, 5.41) is 10.4. The molecule has 0 aromatic heterocycles. The number of hydroxylamine groups is 1. The van der Waals surface area contributed by atoms with Gasteiger partial charge in [0.15, 0.2) is 0 Å². The standard InChI is InChI=1S/C17H18BrNO4/c1-11-7-8-16(12(2)9-11)23-10-13-14(18)5-4-6-15(13)19(21)17(20)22-3/h4-9,21H,10H2,1-3H3. The van der Waals surface area contributed by atoms with E-state index < -0.39 is 6.09 Å². The number of nitrogens with zero attached hydrogens (tertiary/aromatic N) is 1. The zero-order chi connectivity index (χ0) is 17.0. The minimum Gasteiger partial charge on any atom is -0.489 e. The topological polar surface area (TPSA) is 59.0 Å². The molecule has 122 valence electrons. The summed E-state index contributed by atoms with van der Waals surface area (Å²) in [5.74, 6) is 0.750. The van der Waals surface area contributed by atoms with E-state index in [1.54, 1.807) is 12.1 Å². The molecule has 6 heteroatoms. The first-order chi connectivity index (χ1) is 10.9. The molecule has 0 spiro atoms. The molecule has 0 saturated heterocycles. The van der Waals surface area contributed by atoms with Crippen LogP contribution in [0.3, 0.4) is 0 Å². The van der Waals surface area contributed by atoms with Crippen molar-refractivity contribution < 1.29 is 19.5 Å². The molecule has 0 saturated carbocycles. The summed E-state index contributed by atoms with van der Waals surface area (Å²) in [6, 6.07) is 11.0. The maximum absolute atomic E-state index is 11.5. The highest BCUT2D eigenvalue weighted by Crippen LogP contribution is 2.29. The number of halogens is 1. The van der Waals surface area contributed by atoms with Crippen LogP contribution in [0.15, 0.2) is 40.9 Å². The summed E-state index contributed by atoms with van der Waals surface area (Å²) in [6.07, 6.45) is -0.865. The van der Waals surface area contributed by atoms with Gasteiger partial charge in [0, 0.05) is 10.0 Å². The predicted molar refractivity (Wildman–Crippen MR) is 91.1 cm³/mol. The number of ether oxygens (including phenoxy) is 2. The van der Waals surface area contributed by atoms with Crippen molar-refractivity contribution in [2.45, 2.75) is 20.5 Å². The number of carbonyl (C=O) groups excluding carboxylic acids is 1. The van der Waals surface area contributed by atoms with Crippen LogP contribution in [-0.4, -0.2) is 18.4 Å². The third kappa shape index (κ3) is 4.03. The van der Waals surface area contributed by atoms with Crippen LogP contribution in [0.5, 0.6) is 5.75 Å². The summed E-state index contributed by atoms with van der Waals surface area (Å²) in [5.41, 5.74) is 3.12. The molecular formula is C17H18BrNO4. The predicted octanol–water partition coefficient (Wildman–Crippen LogP) is 4.61. The second kappa shape index (κ2) is 7.48. The summed E-state index contributed by atoms with van der Waals surface area (Å²) >= 11 is 3.42. The fourth-order valence-electron chi connectivity index (χ4n) is 2.18. The first kappa shape index (κ1) is 17.3. The molecule has 0 unspecified atom stereocenters. The van der Waals surface area contributed by atoms with Gasteiger partial charge in [-0.15, -0.1) is 0 Å². The van der Waals surface area contributed by atoms with E-state index in [4.69, 9.17) is 4.74 Å². The molecule has 0 fully saturated rings. The average Bonchev–Trinajstić information content (AvgIpc) is 2.53. The molecule has 5 nitrogen and oxygen atoms in total. The Morgan fingerprint density at radius 1 is 1.26 bits per heavy atom. The third-order valence-corrected chi connectivity index (χ3v) is 4.12. The van der Waals surface area contributed by atoms with E-state index >= 15 is 0 Å². The van der Waals surface area contributed by atoms with Gasteiger partial charge in [0.05, 0.1) is 12.8 Å². The van der Waals surface area contributed by atoms with Gasteiger partial charge in [-0.1, -0.05) is 39.7 Å². The van der Waals surface area contributed by atoms with Gasteiger partial charge in [0.1, 0.15) is 12.4 Å². The van der Waals surface area contributed by atoms with Crippen LogP contribution in [0, 0.1) is 13.8 Å². The fourth-order valence-corrected chi connectivity index (χ4v) is 2.65. The lowest BCUT2D eigenvalue weighted by atomic mass is 10.1. The Morgan fingerprint density at radius 2 is 2.00 bits per heavy atom. The smallest absolute Gasteiger partial charge is 0.438 e. The Kier molecular flexibility index (Phi) is 5.63. The Bertz CT molecular complexity index is 718. The average molecular weight is 380 g/mol. The van der Waals surface area contributed by atoms with Gasteiger partial charge in [0.25, 0.3) is 0 Å². The van der Waals surface area contributed by atoms with Crippen molar-refractivity contribution in [3.8, 4) is 5.75 Å². The maximum atomic E-state index is 11.5. The number of hydrogen-bond acceptors (Lipinski definition) is 4. The van der Waals surface area contributed by atoms with Gasteiger partial charge in [0.2, 0.25) is 0 Å². The van der Waals surface area contributed by atoms with Gasteiger partial charge in [-0.2, -0.15) is 5.06 Å². The maximum Gasteiger partial charge on any atom is 0.438 e. The molecule has 23 heavy (non-hydrogen) atoms. The number of hydrogen-bond donors (Lipinski definition) is 1. The van der Waals surface area contributed by atoms with Crippen molar-refractivity contribution in [1.82, 2.24) is 0 Å². The zero-order valence-corrected chi connectivity index (χ0v) is 14.8. The van der Waals surface area contributed by atoms with E-state index in [-0.39, 0.29) is 6.61 Å². The molecule has 1 amide bonds. The largest absolute Gasteiger partial charge is 0.489 e. The normalized spacial score (nSPS) is 10.3. The van der Waals surface area contributed by atoms with Crippen molar-refractivity contribution in [3.05, 3.63) is 57.6 Å². The Labute approximate surface area is 143 Å². The summed E-state index contributed by atoms with van der Waals surface area (Å²) in [6.45, 7) is 4.17.